The Hall–Kier alpha value is -1.01. The molecule has 2 rings (SSSR count). The van der Waals surface area contributed by atoms with Crippen molar-refractivity contribution in [1.82, 2.24) is 10.2 Å². The molecule has 3 heteroatoms. The van der Waals surface area contributed by atoms with Crippen molar-refractivity contribution >= 4 is 5.91 Å². The van der Waals surface area contributed by atoms with Crippen LogP contribution in [0.25, 0.3) is 0 Å². The summed E-state index contributed by atoms with van der Waals surface area (Å²) in [6.07, 6.45) is 5.36. The molecule has 0 bridgehead atoms. The number of rotatable bonds is 1. The second-order valence-corrected chi connectivity index (χ2v) is 3.86. The predicted molar refractivity (Wildman–Crippen MR) is 49.9 cm³/mol. The van der Waals surface area contributed by atoms with E-state index in [0.717, 1.165) is 26.2 Å². The fourth-order valence-corrected chi connectivity index (χ4v) is 2.26. The maximum absolute atomic E-state index is 11.4. The largest absolute Gasteiger partial charge is 0.341 e. The first-order valence-electron chi connectivity index (χ1n) is 4.73. The fraction of sp³-hybridized carbons (Fsp3) is 0.700. The van der Waals surface area contributed by atoms with Crippen LogP contribution in [0.4, 0.5) is 0 Å². The zero-order valence-electron chi connectivity index (χ0n) is 7.62. The highest BCUT2D eigenvalue weighted by molar-refractivity contribution is 5.78. The molecule has 0 saturated carbocycles. The molecular formula is C10H14N2O. The number of carbonyl (C=O) groups is 1. The molecule has 0 radical (unpaired) electrons. The van der Waals surface area contributed by atoms with Crippen LogP contribution in [0.5, 0.6) is 0 Å². The topological polar surface area (TPSA) is 32.3 Å². The van der Waals surface area contributed by atoms with Gasteiger partial charge in [-0.3, -0.25) is 4.79 Å². The van der Waals surface area contributed by atoms with Crippen molar-refractivity contribution < 1.29 is 4.79 Å². The first-order chi connectivity index (χ1) is 6.31. The molecule has 0 aromatic rings. The molecule has 2 aliphatic rings. The minimum Gasteiger partial charge on any atom is -0.341 e. The molecule has 2 heterocycles. The zero-order chi connectivity index (χ0) is 9.26. The highest BCUT2D eigenvalue weighted by Gasteiger charge is 2.37. The molecule has 1 amide bonds. The van der Waals surface area contributed by atoms with E-state index in [1.807, 2.05) is 4.90 Å². The molecular weight excluding hydrogens is 164 g/mol. The number of hydrogen-bond acceptors (Lipinski definition) is 2. The van der Waals surface area contributed by atoms with Gasteiger partial charge < -0.3 is 10.2 Å². The molecule has 0 aromatic heterocycles. The second-order valence-electron chi connectivity index (χ2n) is 3.86. The molecule has 0 aromatic carbocycles. The van der Waals surface area contributed by atoms with Gasteiger partial charge in [-0.05, 0) is 11.8 Å². The Kier molecular flexibility index (Phi) is 2.24. The minimum absolute atomic E-state index is 0.122. The van der Waals surface area contributed by atoms with E-state index in [4.69, 9.17) is 6.42 Å². The third kappa shape index (κ3) is 1.54. The summed E-state index contributed by atoms with van der Waals surface area (Å²) in [5.41, 5.74) is 0. The third-order valence-corrected chi connectivity index (χ3v) is 3.00. The highest BCUT2D eigenvalue weighted by Crippen LogP contribution is 2.26. The number of carbonyl (C=O) groups excluding carboxylic acids is 1. The van der Waals surface area contributed by atoms with Gasteiger partial charge in [0, 0.05) is 26.2 Å². The van der Waals surface area contributed by atoms with E-state index in [1.165, 1.54) is 0 Å². The molecule has 13 heavy (non-hydrogen) atoms. The lowest BCUT2D eigenvalue weighted by Crippen LogP contribution is -2.31. The molecule has 2 fully saturated rings. The van der Waals surface area contributed by atoms with E-state index >= 15 is 0 Å². The predicted octanol–water partition coefficient (Wildman–Crippen LogP) is -0.312. The standard InChI is InChI=1S/C10H14N2O/c1-2-3-10(13)12-6-8-4-11-5-9(8)7-12/h1,8-9,11H,3-7H2. The van der Waals surface area contributed by atoms with Gasteiger partial charge in [-0.2, -0.15) is 0 Å². The van der Waals surface area contributed by atoms with Crippen molar-refractivity contribution in [3.63, 3.8) is 0 Å². The average Bonchev–Trinajstić information content (AvgIpc) is 2.61. The highest BCUT2D eigenvalue weighted by atomic mass is 16.2. The number of nitrogens with zero attached hydrogens (tertiary/aromatic N) is 1. The summed E-state index contributed by atoms with van der Waals surface area (Å²) in [7, 11) is 0. The third-order valence-electron chi connectivity index (χ3n) is 3.00. The number of terminal acetylenes is 1. The molecule has 3 nitrogen and oxygen atoms in total. The van der Waals surface area contributed by atoms with Crippen molar-refractivity contribution in [3.05, 3.63) is 0 Å². The maximum Gasteiger partial charge on any atom is 0.234 e. The van der Waals surface area contributed by atoms with Crippen LogP contribution >= 0.6 is 0 Å². The van der Waals surface area contributed by atoms with Gasteiger partial charge >= 0.3 is 0 Å². The van der Waals surface area contributed by atoms with Crippen molar-refractivity contribution in [2.75, 3.05) is 26.2 Å². The van der Waals surface area contributed by atoms with E-state index < -0.39 is 0 Å². The number of likely N-dealkylation sites (tertiary alicyclic amines) is 1. The number of hydrogen-bond donors (Lipinski definition) is 1. The van der Waals surface area contributed by atoms with Crippen LogP contribution in [0.3, 0.4) is 0 Å². The summed E-state index contributed by atoms with van der Waals surface area (Å²) in [5.74, 6) is 3.86. The molecule has 2 atom stereocenters. The molecule has 2 aliphatic heterocycles. The second kappa shape index (κ2) is 3.39. The summed E-state index contributed by atoms with van der Waals surface area (Å²) in [4.78, 5) is 13.4. The van der Waals surface area contributed by atoms with Crippen LogP contribution < -0.4 is 5.32 Å². The average molecular weight is 178 g/mol. The summed E-state index contributed by atoms with van der Waals surface area (Å²) >= 11 is 0. The Morgan fingerprint density at radius 2 is 2.08 bits per heavy atom. The van der Waals surface area contributed by atoms with Gasteiger partial charge in [0.2, 0.25) is 5.91 Å². The monoisotopic (exact) mass is 178 g/mol. The maximum atomic E-state index is 11.4. The first-order valence-corrected chi connectivity index (χ1v) is 4.73. The van der Waals surface area contributed by atoms with Crippen LogP contribution in [0, 0.1) is 24.2 Å². The minimum atomic E-state index is 0.122. The molecule has 0 spiro atoms. The van der Waals surface area contributed by atoms with Crippen molar-refractivity contribution in [3.8, 4) is 12.3 Å². The Morgan fingerprint density at radius 3 is 2.62 bits per heavy atom. The number of nitrogens with one attached hydrogen (secondary N) is 1. The van der Waals surface area contributed by atoms with Gasteiger partial charge in [0.1, 0.15) is 0 Å². The summed E-state index contributed by atoms with van der Waals surface area (Å²) in [5, 5.41) is 3.34. The van der Waals surface area contributed by atoms with Crippen molar-refractivity contribution in [1.29, 1.82) is 0 Å². The molecule has 2 saturated heterocycles. The van der Waals surface area contributed by atoms with E-state index in [0.29, 0.717) is 11.8 Å². The van der Waals surface area contributed by atoms with E-state index in [1.54, 1.807) is 0 Å². The summed E-state index contributed by atoms with van der Waals surface area (Å²) in [6.45, 7) is 3.92. The van der Waals surface area contributed by atoms with Gasteiger partial charge in [0.25, 0.3) is 0 Å². The first kappa shape index (κ1) is 8.58. The van der Waals surface area contributed by atoms with Gasteiger partial charge in [0.15, 0.2) is 0 Å². The molecule has 0 aliphatic carbocycles. The molecule has 70 valence electrons. The van der Waals surface area contributed by atoms with Crippen molar-refractivity contribution in [2.24, 2.45) is 11.8 Å². The lowest BCUT2D eigenvalue weighted by molar-refractivity contribution is -0.129. The Bertz CT molecular complexity index is 244. The van der Waals surface area contributed by atoms with Gasteiger partial charge in [0.05, 0.1) is 6.42 Å². The molecule has 2 unspecified atom stereocenters. The van der Waals surface area contributed by atoms with Crippen molar-refractivity contribution in [2.45, 2.75) is 6.42 Å². The van der Waals surface area contributed by atoms with Gasteiger partial charge in [-0.25, -0.2) is 0 Å². The quantitative estimate of drug-likeness (QED) is 0.558. The van der Waals surface area contributed by atoms with Crippen LogP contribution in [0.2, 0.25) is 0 Å². The molecule has 1 N–H and O–H groups in total. The number of fused-ring (bicyclic) bond motifs is 1. The normalized spacial score (nSPS) is 31.5. The lowest BCUT2D eigenvalue weighted by Gasteiger charge is -2.15. The summed E-state index contributed by atoms with van der Waals surface area (Å²) in [6, 6.07) is 0. The lowest BCUT2D eigenvalue weighted by atomic mass is 10.0. The van der Waals surface area contributed by atoms with Crippen LogP contribution in [-0.2, 0) is 4.79 Å². The van der Waals surface area contributed by atoms with Gasteiger partial charge in [-0.15, -0.1) is 6.42 Å². The Balaban J connectivity index is 1.92. The van der Waals surface area contributed by atoms with E-state index in [9.17, 15) is 4.79 Å². The van der Waals surface area contributed by atoms with Crippen LogP contribution in [-0.4, -0.2) is 37.0 Å². The zero-order valence-corrected chi connectivity index (χ0v) is 7.62. The Morgan fingerprint density at radius 1 is 1.46 bits per heavy atom. The Labute approximate surface area is 78.5 Å². The van der Waals surface area contributed by atoms with E-state index in [-0.39, 0.29) is 12.3 Å². The van der Waals surface area contributed by atoms with E-state index in [2.05, 4.69) is 11.2 Å². The fourth-order valence-electron chi connectivity index (χ4n) is 2.26. The van der Waals surface area contributed by atoms with Crippen LogP contribution in [0.15, 0.2) is 0 Å². The smallest absolute Gasteiger partial charge is 0.234 e. The SMILES string of the molecule is C#CCC(=O)N1CC2CNCC2C1. The number of amides is 1. The van der Waals surface area contributed by atoms with Gasteiger partial charge in [-0.1, -0.05) is 5.92 Å². The van der Waals surface area contributed by atoms with Crippen LogP contribution in [0.1, 0.15) is 6.42 Å². The summed E-state index contributed by atoms with van der Waals surface area (Å²) < 4.78 is 0.